The molecule has 6 heteroatoms. The summed E-state index contributed by atoms with van der Waals surface area (Å²) < 4.78 is 6.58. The maximum absolute atomic E-state index is 12.0. The number of aromatic carboxylic acids is 1. The van der Waals surface area contributed by atoms with Crippen molar-refractivity contribution < 1.29 is 19.4 Å². The zero-order chi connectivity index (χ0) is 14.1. The van der Waals surface area contributed by atoms with E-state index in [-0.39, 0.29) is 5.56 Å². The lowest BCUT2D eigenvalue weighted by molar-refractivity contribution is -0.164. The fraction of sp³-hybridized carbons (Fsp3) is 0.583. The Morgan fingerprint density at radius 1 is 1.28 bits per heavy atom. The lowest BCUT2D eigenvalue weighted by Gasteiger charge is -2.28. The average molecular weight is 254 g/mol. The van der Waals surface area contributed by atoms with E-state index in [1.807, 2.05) is 0 Å². The van der Waals surface area contributed by atoms with Crippen LogP contribution < -0.4 is 0 Å². The summed E-state index contributed by atoms with van der Waals surface area (Å²) in [5, 5.41) is 12.7. The lowest BCUT2D eigenvalue weighted by atomic mass is 10.1. The number of rotatable bonds is 3. The van der Waals surface area contributed by atoms with Gasteiger partial charge in [-0.15, -0.1) is 0 Å². The molecule has 1 N–H and O–H groups in total. The second-order valence-electron chi connectivity index (χ2n) is 5.54. The van der Waals surface area contributed by atoms with Gasteiger partial charge in [0.25, 0.3) is 0 Å². The van der Waals surface area contributed by atoms with Crippen LogP contribution in [0.25, 0.3) is 0 Å². The lowest BCUT2D eigenvalue weighted by Crippen LogP contribution is -2.41. The summed E-state index contributed by atoms with van der Waals surface area (Å²) in [5.74, 6) is -1.55. The van der Waals surface area contributed by atoms with Crippen LogP contribution in [-0.4, -0.2) is 32.4 Å². The third kappa shape index (κ3) is 3.09. The van der Waals surface area contributed by atoms with E-state index in [1.165, 1.54) is 17.1 Å². The van der Waals surface area contributed by atoms with Crippen LogP contribution in [-0.2, 0) is 15.1 Å². The summed E-state index contributed by atoms with van der Waals surface area (Å²) >= 11 is 0. The summed E-state index contributed by atoms with van der Waals surface area (Å²) in [6, 6.07) is 0. The molecular weight excluding hydrogens is 236 g/mol. The Morgan fingerprint density at radius 3 is 2.22 bits per heavy atom. The van der Waals surface area contributed by atoms with Crippen LogP contribution in [0.3, 0.4) is 0 Å². The van der Waals surface area contributed by atoms with E-state index in [4.69, 9.17) is 9.84 Å². The van der Waals surface area contributed by atoms with Gasteiger partial charge >= 0.3 is 11.9 Å². The second-order valence-corrected chi connectivity index (χ2v) is 5.54. The van der Waals surface area contributed by atoms with Crippen LogP contribution in [0.15, 0.2) is 12.4 Å². The smallest absolute Gasteiger partial charge is 0.338 e. The Morgan fingerprint density at radius 2 is 1.83 bits per heavy atom. The highest BCUT2D eigenvalue weighted by Crippen LogP contribution is 2.20. The van der Waals surface area contributed by atoms with Gasteiger partial charge in [-0.05, 0) is 34.6 Å². The molecule has 0 amide bonds. The molecule has 0 radical (unpaired) electrons. The Kier molecular flexibility index (Phi) is 3.50. The number of hydrogen-bond acceptors (Lipinski definition) is 4. The number of nitrogens with zero attached hydrogens (tertiary/aromatic N) is 2. The van der Waals surface area contributed by atoms with E-state index in [1.54, 1.807) is 34.6 Å². The largest absolute Gasteiger partial charge is 0.478 e. The number of esters is 1. The highest BCUT2D eigenvalue weighted by atomic mass is 16.6. The topological polar surface area (TPSA) is 81.4 Å². The van der Waals surface area contributed by atoms with Gasteiger partial charge in [-0.1, -0.05) is 0 Å². The minimum atomic E-state index is -1.08. The SMILES string of the molecule is CC(C)(C)OC(=O)C(C)(C)n1cc(C(=O)O)cn1. The van der Waals surface area contributed by atoms with Crippen LogP contribution in [0.2, 0.25) is 0 Å². The van der Waals surface area contributed by atoms with E-state index in [0.717, 1.165) is 0 Å². The summed E-state index contributed by atoms with van der Waals surface area (Å²) in [4.78, 5) is 22.8. The molecule has 0 aromatic carbocycles. The molecule has 1 rings (SSSR count). The summed E-state index contributed by atoms with van der Waals surface area (Å²) in [5.41, 5.74) is -1.62. The first kappa shape index (κ1) is 14.2. The molecule has 0 saturated heterocycles. The van der Waals surface area contributed by atoms with Crippen molar-refractivity contribution >= 4 is 11.9 Å². The zero-order valence-corrected chi connectivity index (χ0v) is 11.2. The summed E-state index contributed by atoms with van der Waals surface area (Å²) in [6.07, 6.45) is 2.51. The fourth-order valence-corrected chi connectivity index (χ4v) is 1.24. The van der Waals surface area contributed by atoms with E-state index >= 15 is 0 Å². The van der Waals surface area contributed by atoms with Crippen molar-refractivity contribution in [3.05, 3.63) is 18.0 Å². The molecule has 1 aromatic heterocycles. The monoisotopic (exact) mass is 254 g/mol. The molecule has 18 heavy (non-hydrogen) atoms. The number of ether oxygens (including phenoxy) is 1. The molecule has 0 fully saturated rings. The Labute approximate surface area is 106 Å². The number of carboxylic acids is 1. The van der Waals surface area contributed by atoms with Crippen LogP contribution in [0.1, 0.15) is 45.0 Å². The van der Waals surface area contributed by atoms with Gasteiger partial charge in [0, 0.05) is 6.20 Å². The fourth-order valence-electron chi connectivity index (χ4n) is 1.24. The molecule has 0 aliphatic carbocycles. The Hall–Kier alpha value is -1.85. The average Bonchev–Trinajstić information content (AvgIpc) is 2.63. The highest BCUT2D eigenvalue weighted by Gasteiger charge is 2.35. The second kappa shape index (κ2) is 4.44. The maximum atomic E-state index is 12.0. The van der Waals surface area contributed by atoms with Crippen LogP contribution >= 0.6 is 0 Å². The molecular formula is C12H18N2O4. The predicted octanol–water partition coefficient (Wildman–Crippen LogP) is 1.66. The van der Waals surface area contributed by atoms with E-state index in [0.29, 0.717) is 0 Å². The van der Waals surface area contributed by atoms with E-state index in [2.05, 4.69) is 5.10 Å². The number of hydrogen-bond donors (Lipinski definition) is 1. The normalized spacial score (nSPS) is 12.3. The van der Waals surface area contributed by atoms with Gasteiger partial charge < -0.3 is 9.84 Å². The van der Waals surface area contributed by atoms with Crippen molar-refractivity contribution in [3.63, 3.8) is 0 Å². The first-order valence-corrected chi connectivity index (χ1v) is 5.56. The third-order valence-corrected chi connectivity index (χ3v) is 2.30. The standard InChI is InChI=1S/C12H18N2O4/c1-11(2,3)18-10(17)12(4,5)14-7-8(6-13-14)9(15)16/h6-7H,1-5H3,(H,15,16). The van der Waals surface area contributed by atoms with Gasteiger partial charge in [0.05, 0.1) is 11.8 Å². The molecule has 0 atom stereocenters. The van der Waals surface area contributed by atoms with Gasteiger partial charge in [0.2, 0.25) is 0 Å². The van der Waals surface area contributed by atoms with Crippen LogP contribution in [0.4, 0.5) is 0 Å². The van der Waals surface area contributed by atoms with E-state index in [9.17, 15) is 9.59 Å². The quantitative estimate of drug-likeness (QED) is 0.829. The minimum absolute atomic E-state index is 0.0339. The number of carbonyl (C=O) groups excluding carboxylic acids is 1. The van der Waals surface area contributed by atoms with Gasteiger partial charge in [-0.3, -0.25) is 4.68 Å². The molecule has 6 nitrogen and oxygen atoms in total. The number of carbonyl (C=O) groups is 2. The molecule has 0 aliphatic rings. The maximum Gasteiger partial charge on any atom is 0.338 e. The molecule has 0 saturated carbocycles. The highest BCUT2D eigenvalue weighted by molar-refractivity contribution is 5.87. The predicted molar refractivity (Wildman–Crippen MR) is 64.4 cm³/mol. The molecule has 1 aromatic rings. The zero-order valence-electron chi connectivity index (χ0n) is 11.2. The van der Waals surface area contributed by atoms with Crippen molar-refractivity contribution in [2.75, 3.05) is 0 Å². The summed E-state index contributed by atoms with van der Waals surface area (Å²) in [6.45, 7) is 8.56. The molecule has 0 unspecified atom stereocenters. The van der Waals surface area contributed by atoms with Crippen molar-refractivity contribution in [3.8, 4) is 0 Å². The van der Waals surface area contributed by atoms with Crippen LogP contribution in [0, 0.1) is 0 Å². The molecule has 1 heterocycles. The molecule has 0 aliphatic heterocycles. The van der Waals surface area contributed by atoms with Crippen molar-refractivity contribution in [2.45, 2.75) is 45.8 Å². The van der Waals surface area contributed by atoms with Crippen LogP contribution in [0.5, 0.6) is 0 Å². The Balaban J connectivity index is 2.97. The Bertz CT molecular complexity index is 469. The number of carboxylic acid groups (broad SMARTS) is 1. The van der Waals surface area contributed by atoms with Gasteiger partial charge in [-0.2, -0.15) is 5.10 Å². The van der Waals surface area contributed by atoms with Crippen molar-refractivity contribution in [1.82, 2.24) is 9.78 Å². The first-order chi connectivity index (χ1) is 8.04. The molecule has 0 spiro atoms. The molecule has 100 valence electrons. The molecule has 0 bridgehead atoms. The van der Waals surface area contributed by atoms with Crippen molar-refractivity contribution in [2.24, 2.45) is 0 Å². The van der Waals surface area contributed by atoms with Gasteiger partial charge in [-0.25, -0.2) is 9.59 Å². The van der Waals surface area contributed by atoms with E-state index < -0.39 is 23.1 Å². The minimum Gasteiger partial charge on any atom is -0.478 e. The summed E-state index contributed by atoms with van der Waals surface area (Å²) in [7, 11) is 0. The third-order valence-electron chi connectivity index (χ3n) is 2.30. The van der Waals surface area contributed by atoms with Gasteiger partial charge in [0.1, 0.15) is 5.60 Å². The van der Waals surface area contributed by atoms with Gasteiger partial charge in [0.15, 0.2) is 5.54 Å². The van der Waals surface area contributed by atoms with Crippen molar-refractivity contribution in [1.29, 1.82) is 0 Å². The number of aromatic nitrogens is 2. The first-order valence-electron chi connectivity index (χ1n) is 5.56.